The second-order valence-electron chi connectivity index (χ2n) is 4.60. The van der Waals surface area contributed by atoms with E-state index < -0.39 is 0 Å². The Balaban J connectivity index is 1.89. The van der Waals surface area contributed by atoms with Crippen LogP contribution in [0.25, 0.3) is 0 Å². The highest BCUT2D eigenvalue weighted by Crippen LogP contribution is 2.20. The summed E-state index contributed by atoms with van der Waals surface area (Å²) in [4.78, 5) is 12.1. The van der Waals surface area contributed by atoms with Crippen molar-refractivity contribution in [1.29, 1.82) is 0 Å². The van der Waals surface area contributed by atoms with E-state index in [1.165, 1.54) is 0 Å². The number of amides is 1. The molecule has 0 atom stereocenters. The molecule has 2 N–H and O–H groups in total. The van der Waals surface area contributed by atoms with Crippen molar-refractivity contribution in [3.8, 4) is 5.75 Å². The lowest BCUT2D eigenvalue weighted by molar-refractivity contribution is 0.0976. The minimum absolute atomic E-state index is 0.219. The zero-order valence-electron chi connectivity index (χ0n) is 12.2. The van der Waals surface area contributed by atoms with Gasteiger partial charge in [0, 0.05) is 22.2 Å². The fourth-order valence-corrected chi connectivity index (χ4v) is 2.44. The molecule has 2 rings (SSSR count). The molecule has 0 aliphatic heterocycles. The van der Waals surface area contributed by atoms with Gasteiger partial charge in [0.2, 0.25) is 0 Å². The van der Waals surface area contributed by atoms with Gasteiger partial charge in [0.15, 0.2) is 5.11 Å². The molecule has 0 aliphatic rings. The molecule has 0 bridgehead atoms. The van der Waals surface area contributed by atoms with Gasteiger partial charge in [-0.1, -0.05) is 29.3 Å². The Morgan fingerprint density at radius 1 is 1.17 bits per heavy atom. The van der Waals surface area contributed by atoms with Crippen molar-refractivity contribution in [1.82, 2.24) is 10.6 Å². The number of carbonyl (C=O) groups is 1. The summed E-state index contributed by atoms with van der Waals surface area (Å²) >= 11 is 17.0. The molecular formula is C16H14Cl2N2O2S. The zero-order valence-corrected chi connectivity index (χ0v) is 14.6. The summed E-state index contributed by atoms with van der Waals surface area (Å²) < 4.78 is 5.05. The summed E-state index contributed by atoms with van der Waals surface area (Å²) in [6, 6.07) is 11.9. The number of nitrogens with one attached hydrogen (secondary N) is 2. The smallest absolute Gasteiger partial charge is 0.257 e. The molecule has 0 aliphatic carbocycles. The third kappa shape index (κ3) is 5.10. The highest BCUT2D eigenvalue weighted by molar-refractivity contribution is 7.80. The van der Waals surface area contributed by atoms with E-state index in [0.717, 1.165) is 5.56 Å². The topological polar surface area (TPSA) is 50.4 Å². The molecule has 23 heavy (non-hydrogen) atoms. The fourth-order valence-electron chi connectivity index (χ4n) is 1.80. The molecule has 1 amide bonds. The summed E-state index contributed by atoms with van der Waals surface area (Å²) in [6.45, 7) is 0.387. The van der Waals surface area contributed by atoms with E-state index in [9.17, 15) is 4.79 Å². The highest BCUT2D eigenvalue weighted by Gasteiger charge is 2.08. The van der Waals surface area contributed by atoms with E-state index in [-0.39, 0.29) is 11.0 Å². The van der Waals surface area contributed by atoms with Gasteiger partial charge in [0.25, 0.3) is 5.91 Å². The van der Waals surface area contributed by atoms with Crippen molar-refractivity contribution in [2.45, 2.75) is 6.54 Å². The fraction of sp³-hybridized carbons (Fsp3) is 0.125. The van der Waals surface area contributed by atoms with Gasteiger partial charge in [0.05, 0.1) is 7.11 Å². The molecule has 2 aromatic carbocycles. The van der Waals surface area contributed by atoms with Gasteiger partial charge in [-0.05, 0) is 54.2 Å². The minimum atomic E-state index is -0.299. The maximum atomic E-state index is 12.1. The Hall–Kier alpha value is -1.82. The van der Waals surface area contributed by atoms with Crippen LogP contribution in [0.3, 0.4) is 0 Å². The molecule has 4 nitrogen and oxygen atoms in total. The van der Waals surface area contributed by atoms with Crippen LogP contribution in [-0.2, 0) is 6.54 Å². The van der Waals surface area contributed by atoms with Gasteiger partial charge < -0.3 is 10.1 Å². The quantitative estimate of drug-likeness (QED) is 0.805. The molecule has 7 heteroatoms. The number of ether oxygens (including phenoxy) is 1. The van der Waals surface area contributed by atoms with Crippen LogP contribution in [0.5, 0.6) is 5.75 Å². The SMILES string of the molecule is COc1ccc(C(=O)NC(=S)NCc2ccc(Cl)cc2Cl)cc1. The minimum Gasteiger partial charge on any atom is -0.497 e. The molecule has 0 heterocycles. The van der Waals surface area contributed by atoms with Crippen LogP contribution in [0.1, 0.15) is 15.9 Å². The Labute approximate surface area is 149 Å². The summed E-state index contributed by atoms with van der Waals surface area (Å²) in [7, 11) is 1.57. The van der Waals surface area contributed by atoms with Gasteiger partial charge in [0.1, 0.15) is 5.75 Å². The molecule has 0 radical (unpaired) electrons. The van der Waals surface area contributed by atoms with E-state index in [4.69, 9.17) is 40.2 Å². The van der Waals surface area contributed by atoms with Crippen LogP contribution in [0.2, 0.25) is 10.0 Å². The average molecular weight is 369 g/mol. The molecule has 0 saturated carbocycles. The summed E-state index contributed by atoms with van der Waals surface area (Å²) in [5.41, 5.74) is 1.32. The molecule has 0 spiro atoms. The molecule has 120 valence electrons. The predicted octanol–water partition coefficient (Wildman–Crippen LogP) is 3.81. The van der Waals surface area contributed by atoms with E-state index in [0.29, 0.717) is 27.9 Å². The third-order valence-electron chi connectivity index (χ3n) is 3.03. The lowest BCUT2D eigenvalue weighted by Gasteiger charge is -2.11. The Morgan fingerprint density at radius 2 is 1.87 bits per heavy atom. The largest absolute Gasteiger partial charge is 0.497 e. The highest BCUT2D eigenvalue weighted by atomic mass is 35.5. The van der Waals surface area contributed by atoms with Crippen molar-refractivity contribution < 1.29 is 9.53 Å². The van der Waals surface area contributed by atoms with Crippen molar-refractivity contribution in [2.75, 3.05) is 7.11 Å². The summed E-state index contributed by atoms with van der Waals surface area (Å²) in [5.74, 6) is 0.381. The van der Waals surface area contributed by atoms with Gasteiger partial charge in [-0.15, -0.1) is 0 Å². The lowest BCUT2D eigenvalue weighted by atomic mass is 10.2. The molecular weight excluding hydrogens is 355 g/mol. The van der Waals surface area contributed by atoms with E-state index in [2.05, 4.69) is 10.6 Å². The Kier molecular flexibility index (Phi) is 6.21. The van der Waals surface area contributed by atoms with Crippen molar-refractivity contribution >= 4 is 46.4 Å². The molecule has 2 aromatic rings. The van der Waals surface area contributed by atoms with E-state index >= 15 is 0 Å². The summed E-state index contributed by atoms with van der Waals surface area (Å²) in [5, 5.41) is 6.86. The first-order chi connectivity index (χ1) is 11.0. The first-order valence-corrected chi connectivity index (χ1v) is 7.83. The molecule has 0 saturated heterocycles. The number of halogens is 2. The monoisotopic (exact) mass is 368 g/mol. The second-order valence-corrected chi connectivity index (χ2v) is 5.85. The second kappa shape index (κ2) is 8.15. The van der Waals surface area contributed by atoms with Gasteiger partial charge >= 0.3 is 0 Å². The van der Waals surface area contributed by atoms with Crippen molar-refractivity contribution in [3.63, 3.8) is 0 Å². The maximum absolute atomic E-state index is 12.1. The third-order valence-corrected chi connectivity index (χ3v) is 3.87. The Morgan fingerprint density at radius 3 is 2.48 bits per heavy atom. The molecule has 0 aromatic heterocycles. The van der Waals surface area contributed by atoms with Crippen LogP contribution >= 0.6 is 35.4 Å². The maximum Gasteiger partial charge on any atom is 0.257 e. The number of rotatable bonds is 4. The number of carbonyl (C=O) groups excluding carboxylic acids is 1. The van der Waals surface area contributed by atoms with Crippen LogP contribution < -0.4 is 15.4 Å². The van der Waals surface area contributed by atoms with Crippen molar-refractivity contribution in [3.05, 3.63) is 63.6 Å². The standard InChI is InChI=1S/C16H14Cl2N2O2S/c1-22-13-6-3-10(4-7-13)15(21)20-16(23)19-9-11-2-5-12(17)8-14(11)18/h2-8H,9H2,1H3,(H2,19,20,21,23). The van der Waals surface area contributed by atoms with Gasteiger partial charge in [-0.2, -0.15) is 0 Å². The molecule has 0 fully saturated rings. The van der Waals surface area contributed by atoms with Crippen LogP contribution in [0.15, 0.2) is 42.5 Å². The number of thiocarbonyl (C=S) groups is 1. The van der Waals surface area contributed by atoms with Crippen LogP contribution in [-0.4, -0.2) is 18.1 Å². The number of benzene rings is 2. The normalized spacial score (nSPS) is 10.0. The zero-order chi connectivity index (χ0) is 16.8. The van der Waals surface area contributed by atoms with Crippen LogP contribution in [0, 0.1) is 0 Å². The summed E-state index contributed by atoms with van der Waals surface area (Å²) in [6.07, 6.45) is 0. The number of hydrogen-bond acceptors (Lipinski definition) is 3. The van der Waals surface area contributed by atoms with Crippen LogP contribution in [0.4, 0.5) is 0 Å². The van der Waals surface area contributed by atoms with Crippen molar-refractivity contribution in [2.24, 2.45) is 0 Å². The number of methoxy groups -OCH3 is 1. The van der Waals surface area contributed by atoms with E-state index in [1.54, 1.807) is 49.6 Å². The first kappa shape index (κ1) is 17.5. The first-order valence-electron chi connectivity index (χ1n) is 6.67. The lowest BCUT2D eigenvalue weighted by Crippen LogP contribution is -2.38. The van der Waals surface area contributed by atoms with Gasteiger partial charge in [-0.3, -0.25) is 10.1 Å². The Bertz CT molecular complexity index is 721. The van der Waals surface area contributed by atoms with Gasteiger partial charge in [-0.25, -0.2) is 0 Å². The number of hydrogen-bond donors (Lipinski definition) is 2. The average Bonchev–Trinajstić information content (AvgIpc) is 2.54. The predicted molar refractivity (Wildman–Crippen MR) is 96.4 cm³/mol. The molecule has 0 unspecified atom stereocenters. The van der Waals surface area contributed by atoms with E-state index in [1.807, 2.05) is 0 Å².